The largest absolute Gasteiger partial charge is 0.391 e. The molecular weight excluding hydrogens is 321 g/mol. The third-order valence-corrected chi connectivity index (χ3v) is 4.35. The van der Waals surface area contributed by atoms with Crippen LogP contribution in [0, 0.1) is 17.2 Å². The molecule has 0 aromatic carbocycles. The summed E-state index contributed by atoms with van der Waals surface area (Å²) in [5.41, 5.74) is 0.575. The van der Waals surface area contributed by atoms with Crippen LogP contribution < -0.4 is 5.32 Å². The molecule has 0 bridgehead atoms. The maximum absolute atomic E-state index is 12.9. The molecule has 0 radical (unpaired) electrons. The fraction of sp³-hybridized carbons (Fsp3) is 0.600. The molecule has 128 valence electrons. The molecule has 9 heteroatoms. The minimum atomic E-state index is -4.15. The zero-order valence-corrected chi connectivity index (χ0v) is 12.9. The minimum absolute atomic E-state index is 0.0531. The fourth-order valence-electron chi connectivity index (χ4n) is 3.14. The minimum Gasteiger partial charge on any atom is -0.367 e. The van der Waals surface area contributed by atoms with Crippen molar-refractivity contribution in [3.8, 4) is 6.07 Å². The monoisotopic (exact) mass is 338 g/mol. The van der Waals surface area contributed by atoms with Gasteiger partial charge in [-0.3, -0.25) is 0 Å². The van der Waals surface area contributed by atoms with Gasteiger partial charge in [-0.2, -0.15) is 23.5 Å². The van der Waals surface area contributed by atoms with E-state index in [-0.39, 0.29) is 18.9 Å². The fourth-order valence-corrected chi connectivity index (χ4v) is 3.14. The molecule has 3 rings (SSSR count). The first-order valence-corrected chi connectivity index (χ1v) is 7.85. The van der Waals surface area contributed by atoms with Crippen molar-refractivity contribution >= 4 is 16.9 Å². The highest BCUT2D eigenvalue weighted by Crippen LogP contribution is 2.38. The van der Waals surface area contributed by atoms with Crippen LogP contribution in [-0.2, 0) is 6.54 Å². The first-order valence-electron chi connectivity index (χ1n) is 7.85. The molecule has 2 heterocycles. The molecular formula is C15H17F3N6. The van der Waals surface area contributed by atoms with Crippen LogP contribution in [0.1, 0.15) is 32.1 Å². The van der Waals surface area contributed by atoms with Gasteiger partial charge in [0.1, 0.15) is 12.1 Å². The van der Waals surface area contributed by atoms with Crippen LogP contribution in [0.2, 0.25) is 0 Å². The first kappa shape index (κ1) is 16.5. The number of aryl methyl sites for hydroxylation is 1. The molecule has 1 aliphatic carbocycles. The predicted octanol–water partition coefficient (Wildman–Crippen LogP) is 3.27. The predicted molar refractivity (Wildman–Crippen MR) is 81.0 cm³/mol. The molecule has 0 spiro atoms. The molecule has 0 amide bonds. The van der Waals surface area contributed by atoms with E-state index < -0.39 is 12.1 Å². The molecule has 6 nitrogen and oxygen atoms in total. The van der Waals surface area contributed by atoms with Gasteiger partial charge in [-0.15, -0.1) is 0 Å². The van der Waals surface area contributed by atoms with Crippen molar-refractivity contribution in [2.45, 2.75) is 50.9 Å². The first-order chi connectivity index (χ1) is 11.5. The molecule has 0 aliphatic heterocycles. The van der Waals surface area contributed by atoms with E-state index in [1.807, 2.05) is 6.07 Å². The summed E-state index contributed by atoms with van der Waals surface area (Å²) >= 11 is 0. The summed E-state index contributed by atoms with van der Waals surface area (Å²) in [5.74, 6) is -0.768. The van der Waals surface area contributed by atoms with E-state index in [0.717, 1.165) is 0 Å². The average Bonchev–Trinajstić information content (AvgIpc) is 2.97. The Balaban J connectivity index is 1.78. The summed E-state index contributed by atoms with van der Waals surface area (Å²) in [7, 11) is 0. The van der Waals surface area contributed by atoms with Gasteiger partial charge in [0.2, 0.25) is 0 Å². The van der Waals surface area contributed by atoms with Crippen LogP contribution in [0.5, 0.6) is 0 Å². The lowest BCUT2D eigenvalue weighted by atomic mass is 9.85. The van der Waals surface area contributed by atoms with E-state index >= 15 is 0 Å². The van der Waals surface area contributed by atoms with Gasteiger partial charge in [0.05, 0.1) is 36.5 Å². The number of rotatable bonds is 4. The maximum atomic E-state index is 12.9. The van der Waals surface area contributed by atoms with Crippen LogP contribution in [0.15, 0.2) is 12.5 Å². The Morgan fingerprint density at radius 3 is 2.92 bits per heavy atom. The molecule has 1 saturated carbocycles. The van der Waals surface area contributed by atoms with Gasteiger partial charge in [0, 0.05) is 6.04 Å². The lowest BCUT2D eigenvalue weighted by molar-refractivity contribution is -0.182. The van der Waals surface area contributed by atoms with Gasteiger partial charge in [0.25, 0.3) is 0 Å². The lowest BCUT2D eigenvalue weighted by Gasteiger charge is -2.31. The number of nitrogens with zero attached hydrogens (tertiary/aromatic N) is 5. The van der Waals surface area contributed by atoms with Crippen LogP contribution in [-0.4, -0.2) is 32.0 Å². The number of halogens is 3. The molecule has 0 saturated heterocycles. The highest BCUT2D eigenvalue weighted by molar-refractivity contribution is 5.86. The average molecular weight is 338 g/mol. The van der Waals surface area contributed by atoms with E-state index in [1.54, 1.807) is 10.9 Å². The SMILES string of the molecule is N#CCCn1ncc2c(N[C@H]3CCC[C@@H](C(F)(F)F)C3)ncnc21. The van der Waals surface area contributed by atoms with E-state index in [1.165, 1.54) is 6.33 Å². The number of aromatic nitrogens is 4. The normalized spacial score (nSPS) is 21.6. The van der Waals surface area contributed by atoms with E-state index in [0.29, 0.717) is 42.7 Å². The molecule has 24 heavy (non-hydrogen) atoms. The highest BCUT2D eigenvalue weighted by Gasteiger charge is 2.42. The molecule has 2 aromatic heterocycles. The zero-order chi connectivity index (χ0) is 17.2. The molecule has 1 aliphatic rings. The molecule has 0 unspecified atom stereocenters. The van der Waals surface area contributed by atoms with Gasteiger partial charge in [-0.05, 0) is 19.3 Å². The second-order valence-electron chi connectivity index (χ2n) is 5.98. The quantitative estimate of drug-likeness (QED) is 0.925. The van der Waals surface area contributed by atoms with E-state index in [2.05, 4.69) is 20.4 Å². The molecule has 1 fully saturated rings. The topological polar surface area (TPSA) is 79.4 Å². The summed E-state index contributed by atoms with van der Waals surface area (Å²) in [6.45, 7) is 0.413. The highest BCUT2D eigenvalue weighted by atomic mass is 19.4. The Morgan fingerprint density at radius 2 is 2.17 bits per heavy atom. The third kappa shape index (κ3) is 3.42. The summed E-state index contributed by atoms with van der Waals surface area (Å²) in [6, 6.07) is 1.77. The lowest BCUT2D eigenvalue weighted by Crippen LogP contribution is -2.34. The summed E-state index contributed by atoms with van der Waals surface area (Å²) in [4.78, 5) is 8.32. The van der Waals surface area contributed by atoms with Crippen LogP contribution in [0.3, 0.4) is 0 Å². The van der Waals surface area contributed by atoms with Gasteiger partial charge in [-0.25, -0.2) is 14.6 Å². The molecule has 2 atom stereocenters. The number of nitriles is 1. The number of hydrogen-bond donors (Lipinski definition) is 1. The van der Waals surface area contributed by atoms with Crippen molar-refractivity contribution in [1.82, 2.24) is 19.7 Å². The van der Waals surface area contributed by atoms with Crippen molar-refractivity contribution in [1.29, 1.82) is 5.26 Å². The summed E-state index contributed by atoms with van der Waals surface area (Å²) in [5, 5.41) is 16.6. The van der Waals surface area contributed by atoms with E-state index in [9.17, 15) is 13.2 Å². The van der Waals surface area contributed by atoms with Gasteiger partial charge >= 0.3 is 6.18 Å². The summed E-state index contributed by atoms with van der Waals surface area (Å²) in [6.07, 6.45) is 0.560. The number of hydrogen-bond acceptors (Lipinski definition) is 5. The van der Waals surface area contributed by atoms with Gasteiger partial charge < -0.3 is 5.32 Å². The van der Waals surface area contributed by atoms with E-state index in [4.69, 9.17) is 5.26 Å². The van der Waals surface area contributed by atoms with Crippen LogP contribution >= 0.6 is 0 Å². The van der Waals surface area contributed by atoms with Crippen LogP contribution in [0.25, 0.3) is 11.0 Å². The zero-order valence-electron chi connectivity index (χ0n) is 12.9. The standard InChI is InChI=1S/C15H17F3N6/c16-15(17,18)10-3-1-4-11(7-10)23-13-12-8-22-24(6-2-5-19)14(12)21-9-20-13/h8-11H,1-4,6-7H2,(H,20,21,23)/t10-,11+/m1/s1. The van der Waals surface area contributed by atoms with Crippen molar-refractivity contribution in [3.63, 3.8) is 0 Å². The smallest absolute Gasteiger partial charge is 0.367 e. The second-order valence-corrected chi connectivity index (χ2v) is 5.98. The van der Waals surface area contributed by atoms with Crippen molar-refractivity contribution in [2.24, 2.45) is 5.92 Å². The van der Waals surface area contributed by atoms with Crippen molar-refractivity contribution in [2.75, 3.05) is 5.32 Å². The Morgan fingerprint density at radius 1 is 1.33 bits per heavy atom. The number of alkyl halides is 3. The number of fused-ring (bicyclic) bond motifs is 1. The Kier molecular flexibility index (Phi) is 4.55. The molecule has 1 N–H and O–H groups in total. The number of nitrogens with one attached hydrogen (secondary N) is 1. The second kappa shape index (κ2) is 6.63. The maximum Gasteiger partial charge on any atom is 0.391 e. The Labute approximate surface area is 136 Å². The third-order valence-electron chi connectivity index (χ3n) is 4.35. The van der Waals surface area contributed by atoms with Crippen molar-refractivity contribution < 1.29 is 13.2 Å². The molecule has 2 aromatic rings. The number of anilines is 1. The Hall–Kier alpha value is -2.37. The Bertz CT molecular complexity index is 748. The summed E-state index contributed by atoms with van der Waals surface area (Å²) < 4.78 is 40.4. The van der Waals surface area contributed by atoms with Crippen LogP contribution in [0.4, 0.5) is 19.0 Å². The van der Waals surface area contributed by atoms with Crippen molar-refractivity contribution in [3.05, 3.63) is 12.5 Å². The van der Waals surface area contributed by atoms with Gasteiger partial charge in [-0.1, -0.05) is 6.42 Å². The van der Waals surface area contributed by atoms with Gasteiger partial charge in [0.15, 0.2) is 5.65 Å².